The Labute approximate surface area is 129 Å². The molecule has 0 bridgehead atoms. The van der Waals surface area contributed by atoms with E-state index in [1.165, 1.54) is 0 Å². The quantitative estimate of drug-likeness (QED) is 0.719. The Balaban J connectivity index is 1.82. The Hall–Kier alpha value is -0.790. The summed E-state index contributed by atoms with van der Waals surface area (Å²) < 4.78 is 11.2. The lowest BCUT2D eigenvalue weighted by Crippen LogP contribution is -2.42. The summed E-state index contributed by atoms with van der Waals surface area (Å²) in [4.78, 5) is 24.6. The molecule has 0 saturated carbocycles. The molecule has 0 aromatic heterocycles. The normalized spacial score (nSPS) is 25.1. The van der Waals surface area contributed by atoms with E-state index in [1.807, 2.05) is 0 Å². The molecule has 0 aromatic rings. The van der Waals surface area contributed by atoms with E-state index >= 15 is 0 Å². The molecule has 6 nitrogen and oxygen atoms in total. The maximum atomic E-state index is 12.3. The molecule has 120 valence electrons. The molecule has 2 aliphatic heterocycles. The number of thioether (sulfide) groups is 1. The van der Waals surface area contributed by atoms with Gasteiger partial charge >= 0.3 is 5.97 Å². The summed E-state index contributed by atoms with van der Waals surface area (Å²) in [5.74, 6) is -0.754. The number of carbonyl (C=O) groups is 2. The summed E-state index contributed by atoms with van der Waals surface area (Å²) in [7, 11) is 0. The monoisotopic (exact) mass is 317 g/mol. The largest absolute Gasteiger partial charge is 0.481 e. The van der Waals surface area contributed by atoms with E-state index in [9.17, 15) is 9.59 Å². The number of carboxylic acid groups (broad SMARTS) is 1. The van der Waals surface area contributed by atoms with Crippen molar-refractivity contribution in [3.63, 3.8) is 0 Å². The van der Waals surface area contributed by atoms with E-state index in [4.69, 9.17) is 14.6 Å². The molecule has 1 amide bonds. The van der Waals surface area contributed by atoms with Crippen molar-refractivity contribution in [1.29, 1.82) is 0 Å². The second kappa shape index (κ2) is 8.60. The lowest BCUT2D eigenvalue weighted by molar-refractivity contribution is -0.133. The first-order valence-electron chi connectivity index (χ1n) is 7.45. The molecule has 0 spiro atoms. The third kappa shape index (κ3) is 5.84. The van der Waals surface area contributed by atoms with Gasteiger partial charge in [-0.05, 0) is 25.7 Å². The molecule has 2 saturated heterocycles. The van der Waals surface area contributed by atoms with Crippen LogP contribution in [0.3, 0.4) is 0 Å². The number of nitrogens with zero attached hydrogens (tertiary/aromatic N) is 1. The lowest BCUT2D eigenvalue weighted by atomic mass is 10.2. The van der Waals surface area contributed by atoms with Crippen molar-refractivity contribution in [2.24, 2.45) is 0 Å². The Kier molecular flexibility index (Phi) is 6.79. The fourth-order valence-electron chi connectivity index (χ4n) is 2.66. The first kappa shape index (κ1) is 16.6. The van der Waals surface area contributed by atoms with Crippen molar-refractivity contribution in [1.82, 2.24) is 4.90 Å². The van der Waals surface area contributed by atoms with Crippen LogP contribution in [0.1, 0.15) is 25.7 Å². The maximum absolute atomic E-state index is 12.3. The van der Waals surface area contributed by atoms with Crippen molar-refractivity contribution in [3.8, 4) is 0 Å². The van der Waals surface area contributed by atoms with Crippen molar-refractivity contribution >= 4 is 23.6 Å². The topological polar surface area (TPSA) is 76.1 Å². The van der Waals surface area contributed by atoms with Gasteiger partial charge in [-0.2, -0.15) is 0 Å². The number of hydrogen-bond donors (Lipinski definition) is 1. The highest BCUT2D eigenvalue weighted by Crippen LogP contribution is 2.18. The van der Waals surface area contributed by atoms with Gasteiger partial charge < -0.3 is 19.5 Å². The predicted molar refractivity (Wildman–Crippen MR) is 79.5 cm³/mol. The number of carboxylic acids is 1. The zero-order chi connectivity index (χ0) is 15.1. The van der Waals surface area contributed by atoms with Gasteiger partial charge in [-0.1, -0.05) is 0 Å². The zero-order valence-electron chi connectivity index (χ0n) is 12.2. The summed E-state index contributed by atoms with van der Waals surface area (Å²) in [5, 5.41) is 8.64. The van der Waals surface area contributed by atoms with E-state index in [-0.39, 0.29) is 29.6 Å². The van der Waals surface area contributed by atoms with Crippen molar-refractivity contribution in [3.05, 3.63) is 0 Å². The summed E-state index contributed by atoms with van der Waals surface area (Å²) in [6.07, 6.45) is 4.27. The van der Waals surface area contributed by atoms with Crippen LogP contribution in [0.25, 0.3) is 0 Å². The minimum atomic E-state index is -0.891. The van der Waals surface area contributed by atoms with Gasteiger partial charge in [-0.3, -0.25) is 9.59 Å². The van der Waals surface area contributed by atoms with E-state index in [0.29, 0.717) is 13.1 Å². The predicted octanol–water partition coefficient (Wildman–Crippen LogP) is 0.991. The van der Waals surface area contributed by atoms with Crippen LogP contribution in [-0.4, -0.2) is 71.9 Å². The Morgan fingerprint density at radius 2 is 1.62 bits per heavy atom. The van der Waals surface area contributed by atoms with Crippen LogP contribution < -0.4 is 0 Å². The fourth-order valence-corrected chi connectivity index (χ4v) is 3.30. The molecule has 21 heavy (non-hydrogen) atoms. The van der Waals surface area contributed by atoms with Crippen molar-refractivity contribution in [2.75, 3.05) is 37.8 Å². The fraction of sp³-hybridized carbons (Fsp3) is 0.857. The van der Waals surface area contributed by atoms with Gasteiger partial charge in [0.2, 0.25) is 5.91 Å². The smallest absolute Gasteiger partial charge is 0.313 e. The SMILES string of the molecule is O=C(O)CSCC(=O)N(CC1CCCO1)CC1CCCO1. The zero-order valence-corrected chi connectivity index (χ0v) is 13.0. The standard InChI is InChI=1S/C14H23NO5S/c16-13(9-21-10-14(17)18)15(7-11-3-1-5-19-11)8-12-4-2-6-20-12/h11-12H,1-10H2,(H,17,18). The number of rotatable bonds is 8. The number of ether oxygens (including phenoxy) is 2. The summed E-state index contributed by atoms with van der Waals surface area (Å²) in [5.41, 5.74) is 0. The van der Waals surface area contributed by atoms with E-state index < -0.39 is 5.97 Å². The van der Waals surface area contributed by atoms with Crippen LogP contribution in [0.4, 0.5) is 0 Å². The third-order valence-electron chi connectivity index (χ3n) is 3.70. The highest BCUT2D eigenvalue weighted by atomic mass is 32.2. The Morgan fingerprint density at radius 1 is 1.05 bits per heavy atom. The van der Waals surface area contributed by atoms with E-state index in [0.717, 1.165) is 50.7 Å². The molecule has 2 unspecified atom stereocenters. The van der Waals surface area contributed by atoms with Crippen LogP contribution in [0.15, 0.2) is 0 Å². The van der Waals surface area contributed by atoms with Crippen molar-refractivity contribution < 1.29 is 24.2 Å². The minimum absolute atomic E-state index is 0.0211. The van der Waals surface area contributed by atoms with Gasteiger partial charge in [0.25, 0.3) is 0 Å². The summed E-state index contributed by atoms with van der Waals surface area (Å²) in [6, 6.07) is 0. The first-order valence-corrected chi connectivity index (χ1v) is 8.61. The molecule has 2 heterocycles. The second-order valence-corrected chi connectivity index (χ2v) is 6.44. The van der Waals surface area contributed by atoms with Crippen LogP contribution in [0.5, 0.6) is 0 Å². The van der Waals surface area contributed by atoms with Crippen LogP contribution in [0, 0.1) is 0 Å². The number of amides is 1. The van der Waals surface area contributed by atoms with Crippen LogP contribution in [-0.2, 0) is 19.1 Å². The van der Waals surface area contributed by atoms with E-state index in [2.05, 4.69) is 0 Å². The van der Waals surface area contributed by atoms with Crippen molar-refractivity contribution in [2.45, 2.75) is 37.9 Å². The highest BCUT2D eigenvalue weighted by Gasteiger charge is 2.26. The average Bonchev–Trinajstić information content (AvgIpc) is 3.10. The summed E-state index contributed by atoms with van der Waals surface area (Å²) >= 11 is 1.14. The average molecular weight is 317 g/mol. The molecular formula is C14H23NO5S. The summed E-state index contributed by atoms with van der Waals surface area (Å²) in [6.45, 7) is 2.71. The van der Waals surface area contributed by atoms with Gasteiger partial charge in [0.15, 0.2) is 0 Å². The Bertz CT molecular complexity index is 335. The van der Waals surface area contributed by atoms with Gasteiger partial charge in [0, 0.05) is 26.3 Å². The van der Waals surface area contributed by atoms with Gasteiger partial charge in [-0.25, -0.2) is 0 Å². The molecule has 7 heteroatoms. The van der Waals surface area contributed by atoms with Crippen LogP contribution >= 0.6 is 11.8 Å². The van der Waals surface area contributed by atoms with E-state index in [1.54, 1.807) is 4.90 Å². The molecule has 0 aromatic carbocycles. The maximum Gasteiger partial charge on any atom is 0.313 e. The molecule has 0 aliphatic carbocycles. The Morgan fingerprint density at radius 3 is 2.05 bits per heavy atom. The minimum Gasteiger partial charge on any atom is -0.481 e. The third-order valence-corrected chi connectivity index (χ3v) is 4.60. The molecule has 2 rings (SSSR count). The van der Waals surface area contributed by atoms with Gasteiger partial charge in [0.1, 0.15) is 0 Å². The number of hydrogen-bond acceptors (Lipinski definition) is 5. The molecule has 0 radical (unpaired) electrons. The molecule has 2 aliphatic rings. The van der Waals surface area contributed by atoms with Gasteiger partial charge in [-0.15, -0.1) is 11.8 Å². The lowest BCUT2D eigenvalue weighted by Gasteiger charge is -2.27. The number of aliphatic carboxylic acids is 1. The molecule has 1 N–H and O–H groups in total. The number of carbonyl (C=O) groups excluding carboxylic acids is 1. The van der Waals surface area contributed by atoms with Gasteiger partial charge in [0.05, 0.1) is 23.7 Å². The second-order valence-electron chi connectivity index (χ2n) is 5.46. The molecule has 2 fully saturated rings. The molecular weight excluding hydrogens is 294 g/mol. The van der Waals surface area contributed by atoms with Crippen LogP contribution in [0.2, 0.25) is 0 Å². The molecule has 2 atom stereocenters. The highest BCUT2D eigenvalue weighted by molar-refractivity contribution is 8.00. The first-order chi connectivity index (χ1) is 10.1.